The van der Waals surface area contributed by atoms with Crippen molar-refractivity contribution in [3.63, 3.8) is 0 Å². The average Bonchev–Trinajstić information content (AvgIpc) is 3.57. The highest BCUT2D eigenvalue weighted by molar-refractivity contribution is 7.85. The molecule has 1 atom stereocenters. The van der Waals surface area contributed by atoms with Gasteiger partial charge in [-0.05, 0) is 66.7 Å². The fraction of sp³-hybridized carbons (Fsp3) is 0.0968. The summed E-state index contributed by atoms with van der Waals surface area (Å²) in [5.41, 5.74) is 5.59. The lowest BCUT2D eigenvalue weighted by atomic mass is 9.99. The first-order chi connectivity index (χ1) is 19.7. The molecule has 3 heterocycles. The second-order valence-corrected chi connectivity index (χ2v) is 10.9. The molecule has 41 heavy (non-hydrogen) atoms. The van der Waals surface area contributed by atoms with Gasteiger partial charge >= 0.3 is 0 Å². The van der Waals surface area contributed by atoms with Gasteiger partial charge in [0.25, 0.3) is 5.91 Å². The fourth-order valence-electron chi connectivity index (χ4n) is 4.89. The van der Waals surface area contributed by atoms with Gasteiger partial charge in [0.1, 0.15) is 39.6 Å². The molecule has 6 rings (SSSR count). The van der Waals surface area contributed by atoms with Crippen LogP contribution in [-0.2, 0) is 11.0 Å². The second kappa shape index (κ2) is 10.3. The van der Waals surface area contributed by atoms with Crippen molar-refractivity contribution in [1.29, 1.82) is 0 Å². The number of furan rings is 1. The number of imidazole rings is 1. The number of fused-ring (bicyclic) bond motifs is 2. The van der Waals surface area contributed by atoms with Gasteiger partial charge in [0.05, 0.1) is 23.1 Å². The highest BCUT2D eigenvalue weighted by atomic mass is 32.2. The molecule has 3 aromatic heterocycles. The summed E-state index contributed by atoms with van der Waals surface area (Å²) in [5, 5.41) is 3.22. The van der Waals surface area contributed by atoms with Gasteiger partial charge in [-0.2, -0.15) is 0 Å². The number of aromatic nitrogens is 2. The van der Waals surface area contributed by atoms with Crippen LogP contribution in [-0.4, -0.2) is 39.9 Å². The van der Waals surface area contributed by atoms with Gasteiger partial charge in [0, 0.05) is 60.3 Å². The number of nitrogens with one attached hydrogen (secondary N) is 1. The van der Waals surface area contributed by atoms with Gasteiger partial charge in [-0.25, -0.2) is 18.0 Å². The van der Waals surface area contributed by atoms with Gasteiger partial charge in [0.2, 0.25) is 0 Å². The lowest BCUT2D eigenvalue weighted by molar-refractivity contribution is 0.0964. The lowest BCUT2D eigenvalue weighted by Crippen LogP contribution is -2.20. The molecule has 0 saturated carbocycles. The molecule has 1 N–H and O–H groups in total. The highest BCUT2D eigenvalue weighted by Crippen LogP contribution is 2.41. The molecule has 0 fully saturated rings. The quantitative estimate of drug-likeness (QED) is 0.250. The maximum atomic E-state index is 13.7. The summed E-state index contributed by atoms with van der Waals surface area (Å²) in [6.45, 7) is 0. The van der Waals surface area contributed by atoms with Crippen molar-refractivity contribution in [2.45, 2.75) is 0 Å². The van der Waals surface area contributed by atoms with Crippen LogP contribution in [0.4, 0.5) is 14.5 Å². The summed E-state index contributed by atoms with van der Waals surface area (Å²) < 4.78 is 49.6. The fourth-order valence-corrected chi connectivity index (χ4v) is 5.32. The Morgan fingerprint density at radius 2 is 1.59 bits per heavy atom. The molecule has 0 radical (unpaired) electrons. The third-order valence-electron chi connectivity index (χ3n) is 7.05. The topological polar surface area (TPSA) is 79.8 Å². The standard InChI is InChI=1S/C31H24F2N4O3S/c1-34-31(38)29-24-14-23(20-8-13-28-35-16-26(37(28)17-20)18-4-9-21(32)10-5-18)25(36(2)41(3)39)15-27(24)40-30(29)19-6-11-22(33)12-7-19/h4-17H,1-3H3,(H,34,38). The molecule has 1 unspecified atom stereocenters. The zero-order chi connectivity index (χ0) is 28.8. The Morgan fingerprint density at radius 1 is 0.951 bits per heavy atom. The number of hydrogen-bond donors (Lipinski definition) is 1. The van der Waals surface area contributed by atoms with Crippen molar-refractivity contribution in [3.8, 4) is 33.7 Å². The third kappa shape index (κ3) is 4.66. The normalized spacial score (nSPS) is 12.1. The molecule has 0 aliphatic heterocycles. The van der Waals surface area contributed by atoms with Crippen molar-refractivity contribution in [1.82, 2.24) is 14.7 Å². The van der Waals surface area contributed by atoms with Crippen LogP contribution < -0.4 is 9.62 Å². The van der Waals surface area contributed by atoms with Crippen LogP contribution in [0, 0.1) is 11.6 Å². The SMILES string of the molecule is CNC(=O)c1c(-c2ccc(F)cc2)oc2cc(N(C)S(C)=O)c(-c3ccc4ncc(-c5ccc(F)cc5)n4c3)cc12. The van der Waals surface area contributed by atoms with Crippen LogP contribution in [0.3, 0.4) is 0 Å². The Morgan fingerprint density at radius 3 is 2.22 bits per heavy atom. The van der Waals surface area contributed by atoms with Gasteiger partial charge in [-0.1, -0.05) is 0 Å². The molecule has 6 aromatic rings. The second-order valence-electron chi connectivity index (χ2n) is 9.48. The molecule has 1 amide bonds. The molecule has 10 heteroatoms. The van der Waals surface area contributed by atoms with Gasteiger partial charge in [-0.15, -0.1) is 0 Å². The van der Waals surface area contributed by atoms with Gasteiger partial charge in [0.15, 0.2) is 0 Å². The summed E-state index contributed by atoms with van der Waals surface area (Å²) in [5.74, 6) is -0.800. The smallest absolute Gasteiger partial charge is 0.255 e. The Kier molecular flexibility index (Phi) is 6.63. The molecule has 0 bridgehead atoms. The van der Waals surface area contributed by atoms with Crippen molar-refractivity contribution in [2.24, 2.45) is 0 Å². The molecular formula is C31H24F2N4O3S. The molecule has 3 aromatic carbocycles. The minimum absolute atomic E-state index is 0.298. The van der Waals surface area contributed by atoms with E-state index >= 15 is 0 Å². The van der Waals surface area contributed by atoms with E-state index in [-0.39, 0.29) is 11.7 Å². The van der Waals surface area contributed by atoms with E-state index in [1.54, 1.807) is 54.1 Å². The molecule has 206 valence electrons. The first kappa shape index (κ1) is 26.4. The number of amides is 1. The predicted octanol–water partition coefficient (Wildman–Crippen LogP) is 6.45. The van der Waals surface area contributed by atoms with Crippen molar-refractivity contribution >= 4 is 39.2 Å². The molecule has 7 nitrogen and oxygen atoms in total. The van der Waals surface area contributed by atoms with E-state index in [1.807, 2.05) is 28.8 Å². The number of anilines is 1. The maximum absolute atomic E-state index is 13.7. The summed E-state index contributed by atoms with van der Waals surface area (Å²) in [7, 11) is 1.87. The summed E-state index contributed by atoms with van der Waals surface area (Å²) in [6, 6.07) is 19.2. The van der Waals surface area contributed by atoms with E-state index < -0.39 is 16.8 Å². The van der Waals surface area contributed by atoms with Gasteiger partial charge in [-0.3, -0.25) is 13.5 Å². The van der Waals surface area contributed by atoms with Crippen molar-refractivity contribution < 1.29 is 22.2 Å². The lowest BCUT2D eigenvalue weighted by Gasteiger charge is -2.20. The molecular weight excluding hydrogens is 546 g/mol. The zero-order valence-corrected chi connectivity index (χ0v) is 23.1. The summed E-state index contributed by atoms with van der Waals surface area (Å²) >= 11 is 0. The molecule has 0 aliphatic carbocycles. The van der Waals surface area contributed by atoms with E-state index in [4.69, 9.17) is 4.42 Å². The van der Waals surface area contributed by atoms with E-state index in [2.05, 4.69) is 10.3 Å². The van der Waals surface area contributed by atoms with Crippen LogP contribution in [0.5, 0.6) is 0 Å². The van der Waals surface area contributed by atoms with Crippen LogP contribution >= 0.6 is 0 Å². The maximum Gasteiger partial charge on any atom is 0.255 e. The number of rotatable bonds is 6. The molecule has 0 spiro atoms. The predicted molar refractivity (Wildman–Crippen MR) is 157 cm³/mol. The highest BCUT2D eigenvalue weighted by Gasteiger charge is 2.25. The Labute approximate surface area is 236 Å². The van der Waals surface area contributed by atoms with Crippen LogP contribution in [0.1, 0.15) is 10.4 Å². The number of pyridine rings is 1. The number of nitrogens with zero attached hydrogens (tertiary/aromatic N) is 3. The first-order valence-electron chi connectivity index (χ1n) is 12.6. The molecule has 0 saturated heterocycles. The minimum Gasteiger partial charge on any atom is -0.455 e. The van der Waals surface area contributed by atoms with E-state index in [1.165, 1.54) is 31.3 Å². The van der Waals surface area contributed by atoms with Crippen molar-refractivity contribution in [3.05, 3.63) is 102 Å². The minimum atomic E-state index is -1.38. The number of carbonyl (C=O) groups is 1. The monoisotopic (exact) mass is 570 g/mol. The van der Waals surface area contributed by atoms with E-state index in [0.717, 1.165) is 16.8 Å². The third-order valence-corrected chi connectivity index (χ3v) is 8.02. The zero-order valence-electron chi connectivity index (χ0n) is 22.3. The Bertz CT molecular complexity index is 1960. The molecule has 0 aliphatic rings. The van der Waals surface area contributed by atoms with Crippen LogP contribution in [0.25, 0.3) is 50.3 Å². The number of carbonyl (C=O) groups excluding carboxylic acids is 1. The first-order valence-corrected chi connectivity index (χ1v) is 14.2. The number of hydrogen-bond acceptors (Lipinski definition) is 4. The number of benzene rings is 3. The summed E-state index contributed by atoms with van der Waals surface area (Å²) in [4.78, 5) is 17.6. The van der Waals surface area contributed by atoms with Crippen molar-refractivity contribution in [2.75, 3.05) is 24.7 Å². The van der Waals surface area contributed by atoms with E-state index in [0.29, 0.717) is 44.8 Å². The van der Waals surface area contributed by atoms with E-state index in [9.17, 15) is 17.8 Å². The van der Waals surface area contributed by atoms with Crippen LogP contribution in [0.2, 0.25) is 0 Å². The summed E-state index contributed by atoms with van der Waals surface area (Å²) in [6.07, 6.45) is 5.19. The Balaban J connectivity index is 1.61. The average molecular weight is 571 g/mol. The van der Waals surface area contributed by atoms with Crippen LogP contribution in [0.15, 0.2) is 89.6 Å². The van der Waals surface area contributed by atoms with Gasteiger partial charge < -0.3 is 9.73 Å². The Hall–Kier alpha value is -4.83. The number of halogens is 2. The largest absolute Gasteiger partial charge is 0.455 e.